The summed E-state index contributed by atoms with van der Waals surface area (Å²) in [5.41, 5.74) is 0. The fraction of sp³-hybridized carbons (Fsp3) is 0.833. The summed E-state index contributed by atoms with van der Waals surface area (Å²) >= 11 is 0. The van der Waals surface area contributed by atoms with E-state index in [9.17, 15) is 13.2 Å². The maximum absolute atomic E-state index is 12.7. The van der Waals surface area contributed by atoms with Crippen LogP contribution in [0, 0.1) is 5.92 Å². The highest BCUT2D eigenvalue weighted by Gasteiger charge is 2.38. The van der Waals surface area contributed by atoms with E-state index in [2.05, 4.69) is 12.2 Å². The maximum Gasteiger partial charge on any atom is 0.226 e. The number of hydrogen-bond donors (Lipinski definition) is 0. The van der Waals surface area contributed by atoms with E-state index in [0.717, 1.165) is 64.3 Å². The second-order valence-electron chi connectivity index (χ2n) is 7.57. The number of hydrogen-bond acceptors (Lipinski definition) is 3. The van der Waals surface area contributed by atoms with Crippen LogP contribution in [0.5, 0.6) is 0 Å². The third-order valence-corrected chi connectivity index (χ3v) is 7.17. The van der Waals surface area contributed by atoms with Crippen molar-refractivity contribution in [3.8, 4) is 0 Å². The van der Waals surface area contributed by atoms with E-state index in [1.165, 1.54) is 6.26 Å². The zero-order chi connectivity index (χ0) is 17.2. The first-order chi connectivity index (χ1) is 11.5. The van der Waals surface area contributed by atoms with Gasteiger partial charge in [0.05, 0.1) is 6.26 Å². The van der Waals surface area contributed by atoms with Gasteiger partial charge in [0.25, 0.3) is 0 Å². The van der Waals surface area contributed by atoms with Crippen molar-refractivity contribution >= 4 is 15.9 Å². The van der Waals surface area contributed by atoms with Gasteiger partial charge in [0.2, 0.25) is 15.9 Å². The Morgan fingerprint density at radius 2 is 1.71 bits per heavy atom. The van der Waals surface area contributed by atoms with E-state index in [1.54, 1.807) is 4.31 Å². The minimum absolute atomic E-state index is 0.0642. The number of carbonyl (C=O) groups excluding carboxylic acids is 1. The minimum atomic E-state index is -3.18. The van der Waals surface area contributed by atoms with Gasteiger partial charge < -0.3 is 4.90 Å². The molecule has 0 aromatic carbocycles. The van der Waals surface area contributed by atoms with E-state index >= 15 is 0 Å². The van der Waals surface area contributed by atoms with Gasteiger partial charge >= 0.3 is 0 Å². The molecule has 0 radical (unpaired) electrons. The Labute approximate surface area is 146 Å². The van der Waals surface area contributed by atoms with Gasteiger partial charge in [-0.05, 0) is 51.4 Å². The number of carbonyl (C=O) groups is 1. The average Bonchev–Trinajstić information content (AvgIpc) is 2.75. The Hall–Kier alpha value is -0.880. The summed E-state index contributed by atoms with van der Waals surface area (Å²) in [7, 11) is -3.18. The molecule has 2 fully saturated rings. The summed E-state index contributed by atoms with van der Waals surface area (Å²) in [6.07, 6.45) is 14.1. The third kappa shape index (κ3) is 4.02. The van der Waals surface area contributed by atoms with E-state index in [4.69, 9.17) is 0 Å². The van der Waals surface area contributed by atoms with Gasteiger partial charge in [-0.1, -0.05) is 18.6 Å². The van der Waals surface area contributed by atoms with Crippen molar-refractivity contribution in [3.63, 3.8) is 0 Å². The van der Waals surface area contributed by atoms with Crippen LogP contribution in [0.2, 0.25) is 0 Å². The number of allylic oxidation sites excluding steroid dienone is 2. The highest BCUT2D eigenvalue weighted by atomic mass is 32.2. The minimum Gasteiger partial charge on any atom is -0.342 e. The van der Waals surface area contributed by atoms with Crippen LogP contribution in [-0.4, -0.2) is 55.0 Å². The summed E-state index contributed by atoms with van der Waals surface area (Å²) in [6, 6.07) is 0.255. The van der Waals surface area contributed by atoms with Gasteiger partial charge in [-0.2, -0.15) is 4.31 Å². The Bertz CT molecular complexity index is 583. The van der Waals surface area contributed by atoms with Crippen molar-refractivity contribution in [1.82, 2.24) is 9.21 Å². The molecule has 0 unspecified atom stereocenters. The molecule has 1 amide bonds. The Kier molecular flexibility index (Phi) is 5.65. The fourth-order valence-corrected chi connectivity index (χ4v) is 5.82. The lowest BCUT2D eigenvalue weighted by atomic mass is 9.91. The Balaban J connectivity index is 1.63. The summed E-state index contributed by atoms with van der Waals surface area (Å²) in [6.45, 7) is 1.47. The fourth-order valence-electron chi connectivity index (χ4n) is 4.31. The lowest BCUT2D eigenvalue weighted by Crippen LogP contribution is -2.50. The molecule has 1 saturated heterocycles. The number of amides is 1. The van der Waals surface area contributed by atoms with Crippen LogP contribution in [-0.2, 0) is 14.8 Å². The van der Waals surface area contributed by atoms with Crippen molar-refractivity contribution in [2.24, 2.45) is 5.92 Å². The summed E-state index contributed by atoms with van der Waals surface area (Å²) < 4.78 is 26.3. The van der Waals surface area contributed by atoms with Gasteiger partial charge in [0.1, 0.15) is 0 Å². The van der Waals surface area contributed by atoms with Crippen molar-refractivity contribution in [2.75, 3.05) is 19.3 Å². The number of sulfonamides is 1. The number of rotatable bonds is 4. The molecule has 3 rings (SSSR count). The molecule has 0 aromatic rings. The molecule has 0 aromatic heterocycles. The van der Waals surface area contributed by atoms with Gasteiger partial charge in [-0.15, -0.1) is 0 Å². The molecule has 1 aliphatic heterocycles. The SMILES string of the molecule is CS(=O)(=O)N(C1CCC1)[C@@H]1CCCN(C(=O)[C@H]2CC=CCC2)CC1. The number of likely N-dealkylation sites (tertiary alicyclic amines) is 1. The van der Waals surface area contributed by atoms with Gasteiger partial charge in [0.15, 0.2) is 0 Å². The topological polar surface area (TPSA) is 57.7 Å². The number of nitrogens with zero attached hydrogens (tertiary/aromatic N) is 2. The smallest absolute Gasteiger partial charge is 0.226 e. The van der Waals surface area contributed by atoms with Crippen LogP contribution in [0.3, 0.4) is 0 Å². The van der Waals surface area contributed by atoms with Crippen LogP contribution >= 0.6 is 0 Å². The van der Waals surface area contributed by atoms with Crippen molar-refractivity contribution in [2.45, 2.75) is 69.9 Å². The zero-order valence-corrected chi connectivity index (χ0v) is 15.5. The van der Waals surface area contributed by atoms with E-state index in [0.29, 0.717) is 6.54 Å². The molecule has 2 atom stereocenters. The first-order valence-electron chi connectivity index (χ1n) is 9.39. The van der Waals surface area contributed by atoms with Gasteiger partial charge in [0, 0.05) is 31.1 Å². The predicted molar refractivity (Wildman–Crippen MR) is 95.0 cm³/mol. The van der Waals surface area contributed by atoms with Crippen molar-refractivity contribution in [1.29, 1.82) is 0 Å². The molecule has 0 N–H and O–H groups in total. The standard InChI is InChI=1S/C18H30N2O3S/c1-24(22,23)20(16-9-5-10-16)17-11-6-13-19(14-12-17)18(21)15-7-3-2-4-8-15/h2-3,15-17H,4-14H2,1H3/t15-,17+/m0/s1. The second-order valence-corrected chi connectivity index (χ2v) is 9.46. The van der Waals surface area contributed by atoms with Crippen molar-refractivity contribution < 1.29 is 13.2 Å². The van der Waals surface area contributed by atoms with Crippen LogP contribution in [0.1, 0.15) is 57.8 Å². The molecular formula is C18H30N2O3S. The van der Waals surface area contributed by atoms with E-state index in [1.807, 2.05) is 4.90 Å². The van der Waals surface area contributed by atoms with E-state index < -0.39 is 10.0 Å². The lowest BCUT2D eigenvalue weighted by molar-refractivity contribution is -0.135. The summed E-state index contributed by atoms with van der Waals surface area (Å²) in [5.74, 6) is 0.402. The quantitative estimate of drug-likeness (QED) is 0.729. The van der Waals surface area contributed by atoms with Crippen LogP contribution in [0.15, 0.2) is 12.2 Å². The zero-order valence-electron chi connectivity index (χ0n) is 14.7. The van der Waals surface area contributed by atoms with Crippen LogP contribution in [0.25, 0.3) is 0 Å². The summed E-state index contributed by atoms with van der Waals surface area (Å²) in [5, 5.41) is 0. The molecule has 1 heterocycles. The first-order valence-corrected chi connectivity index (χ1v) is 11.2. The van der Waals surface area contributed by atoms with Crippen LogP contribution in [0.4, 0.5) is 0 Å². The third-order valence-electron chi connectivity index (χ3n) is 5.81. The van der Waals surface area contributed by atoms with Crippen LogP contribution < -0.4 is 0 Å². The Morgan fingerprint density at radius 1 is 1.00 bits per heavy atom. The van der Waals surface area contributed by atoms with E-state index in [-0.39, 0.29) is 23.9 Å². The molecule has 24 heavy (non-hydrogen) atoms. The first kappa shape index (κ1) is 17.9. The normalized spacial score (nSPS) is 29.3. The summed E-state index contributed by atoms with van der Waals surface area (Å²) in [4.78, 5) is 14.7. The largest absolute Gasteiger partial charge is 0.342 e. The molecule has 2 aliphatic carbocycles. The highest BCUT2D eigenvalue weighted by molar-refractivity contribution is 7.88. The molecule has 5 nitrogen and oxygen atoms in total. The molecule has 136 valence electrons. The maximum atomic E-state index is 12.7. The molecule has 3 aliphatic rings. The lowest BCUT2D eigenvalue weighted by Gasteiger charge is -2.40. The second kappa shape index (κ2) is 7.56. The Morgan fingerprint density at radius 3 is 2.29 bits per heavy atom. The molecule has 6 heteroatoms. The molecule has 0 bridgehead atoms. The average molecular weight is 355 g/mol. The highest BCUT2D eigenvalue weighted by Crippen LogP contribution is 2.32. The molecule has 0 spiro atoms. The predicted octanol–water partition coefficient (Wildman–Crippen LogP) is 2.54. The van der Waals surface area contributed by atoms with Crippen molar-refractivity contribution in [3.05, 3.63) is 12.2 Å². The molecular weight excluding hydrogens is 324 g/mol. The monoisotopic (exact) mass is 354 g/mol. The van der Waals surface area contributed by atoms with Gasteiger partial charge in [-0.3, -0.25) is 4.79 Å². The molecule has 1 saturated carbocycles. The van der Waals surface area contributed by atoms with Gasteiger partial charge in [-0.25, -0.2) is 8.42 Å².